The molecule has 6 rings (SSSR count). The van der Waals surface area contributed by atoms with Crippen molar-refractivity contribution in [2.45, 2.75) is 68.8 Å². The maximum Gasteiger partial charge on any atom is 0.226 e. The van der Waals surface area contributed by atoms with Gasteiger partial charge in [0.25, 0.3) is 0 Å². The van der Waals surface area contributed by atoms with Crippen molar-refractivity contribution in [2.75, 3.05) is 5.32 Å². The highest BCUT2D eigenvalue weighted by Gasteiger charge is 2.55. The molecule has 2 saturated carbocycles. The molecule has 3 fully saturated rings. The van der Waals surface area contributed by atoms with Crippen LogP contribution in [0.2, 0.25) is 5.28 Å². The summed E-state index contributed by atoms with van der Waals surface area (Å²) in [7, 11) is 0. The summed E-state index contributed by atoms with van der Waals surface area (Å²) in [5, 5.41) is 22.3. The number of hydrogen-bond acceptors (Lipinski definition) is 8. The van der Waals surface area contributed by atoms with Crippen molar-refractivity contribution in [3.63, 3.8) is 0 Å². The Balaban J connectivity index is 1.28. The lowest BCUT2D eigenvalue weighted by atomic mass is 10.1. The molecule has 0 amide bonds. The molecular weight excluding hydrogens is 458 g/mol. The first-order chi connectivity index (χ1) is 15.7. The SMILES string of the molecule is CC1(C)O[C@@H]2[C@H](O1)[C@@H](O)C[C@H]2n1nnc2c(N[C@@H]3C[C@H]3c3ccc(F)c(F)c3)nc(Cl)nc21. The molecule has 0 bridgehead atoms. The fourth-order valence-corrected chi connectivity index (χ4v) is 5.10. The van der Waals surface area contributed by atoms with E-state index in [1.54, 1.807) is 24.6 Å². The summed E-state index contributed by atoms with van der Waals surface area (Å²) in [6, 6.07) is 3.54. The van der Waals surface area contributed by atoms with Crippen molar-refractivity contribution in [2.24, 2.45) is 0 Å². The van der Waals surface area contributed by atoms with Crippen LogP contribution in [0.1, 0.15) is 44.2 Å². The zero-order chi connectivity index (χ0) is 23.1. The van der Waals surface area contributed by atoms with Gasteiger partial charge in [0.15, 0.2) is 34.4 Å². The predicted octanol–water partition coefficient (Wildman–Crippen LogP) is 2.95. The smallest absolute Gasteiger partial charge is 0.226 e. The molecule has 2 N–H and O–H groups in total. The molecule has 12 heteroatoms. The van der Waals surface area contributed by atoms with Gasteiger partial charge in [-0.1, -0.05) is 11.3 Å². The maximum absolute atomic E-state index is 13.6. The van der Waals surface area contributed by atoms with E-state index in [4.69, 9.17) is 21.1 Å². The van der Waals surface area contributed by atoms with Gasteiger partial charge in [0.2, 0.25) is 5.28 Å². The van der Waals surface area contributed by atoms with E-state index in [0.29, 0.717) is 29.0 Å². The van der Waals surface area contributed by atoms with Crippen LogP contribution < -0.4 is 5.32 Å². The molecule has 3 heterocycles. The Morgan fingerprint density at radius 3 is 2.73 bits per heavy atom. The highest BCUT2D eigenvalue weighted by Crippen LogP contribution is 2.46. The average molecular weight is 479 g/mol. The minimum atomic E-state index is -0.871. The van der Waals surface area contributed by atoms with Gasteiger partial charge < -0.3 is 19.9 Å². The average Bonchev–Trinajstić information content (AvgIpc) is 3.10. The first-order valence-electron chi connectivity index (χ1n) is 10.7. The number of aromatic nitrogens is 5. The maximum atomic E-state index is 13.6. The molecule has 6 atom stereocenters. The van der Waals surface area contributed by atoms with E-state index >= 15 is 0 Å². The summed E-state index contributed by atoms with van der Waals surface area (Å²) in [5.41, 5.74) is 1.54. The van der Waals surface area contributed by atoms with E-state index in [2.05, 4.69) is 25.6 Å². The molecule has 174 valence electrons. The molecule has 2 aromatic heterocycles. The van der Waals surface area contributed by atoms with Gasteiger partial charge >= 0.3 is 0 Å². The molecule has 2 aliphatic carbocycles. The zero-order valence-corrected chi connectivity index (χ0v) is 18.5. The number of hydrogen-bond donors (Lipinski definition) is 2. The van der Waals surface area contributed by atoms with Crippen LogP contribution in [0, 0.1) is 11.6 Å². The largest absolute Gasteiger partial charge is 0.390 e. The van der Waals surface area contributed by atoms with Crippen molar-refractivity contribution in [3.8, 4) is 0 Å². The van der Waals surface area contributed by atoms with E-state index in [-0.39, 0.29) is 23.3 Å². The van der Waals surface area contributed by atoms with Crippen LogP contribution in [0.25, 0.3) is 11.2 Å². The van der Waals surface area contributed by atoms with Crippen LogP contribution in [0.4, 0.5) is 14.6 Å². The van der Waals surface area contributed by atoms with Gasteiger partial charge in [0.05, 0.1) is 12.1 Å². The lowest BCUT2D eigenvalue weighted by molar-refractivity contribution is -0.165. The molecule has 0 spiro atoms. The monoisotopic (exact) mass is 478 g/mol. The number of nitrogens with one attached hydrogen (secondary N) is 1. The Kier molecular flexibility index (Phi) is 4.64. The number of ether oxygens (including phenoxy) is 2. The van der Waals surface area contributed by atoms with Crippen molar-refractivity contribution < 1.29 is 23.4 Å². The molecule has 9 nitrogen and oxygen atoms in total. The molecule has 1 saturated heterocycles. The normalized spacial score (nSPS) is 32.3. The summed E-state index contributed by atoms with van der Waals surface area (Å²) in [6.45, 7) is 3.60. The summed E-state index contributed by atoms with van der Waals surface area (Å²) in [6.07, 6.45) is -0.496. The van der Waals surface area contributed by atoms with Crippen LogP contribution in [-0.4, -0.2) is 60.2 Å². The van der Waals surface area contributed by atoms with Gasteiger partial charge in [0, 0.05) is 18.4 Å². The Morgan fingerprint density at radius 1 is 1.15 bits per heavy atom. The van der Waals surface area contributed by atoms with Crippen LogP contribution >= 0.6 is 11.6 Å². The van der Waals surface area contributed by atoms with Crippen LogP contribution in [-0.2, 0) is 9.47 Å². The Hall–Kier alpha value is -2.47. The molecule has 3 aromatic rings. The Bertz CT molecular complexity index is 1260. The minimum Gasteiger partial charge on any atom is -0.390 e. The highest BCUT2D eigenvalue weighted by molar-refractivity contribution is 6.28. The van der Waals surface area contributed by atoms with Gasteiger partial charge in [0.1, 0.15) is 12.2 Å². The van der Waals surface area contributed by atoms with Gasteiger partial charge in [-0.2, -0.15) is 9.97 Å². The number of nitrogens with zero attached hydrogens (tertiary/aromatic N) is 5. The number of aliphatic hydroxyl groups excluding tert-OH is 1. The first kappa shape index (κ1) is 21.1. The van der Waals surface area contributed by atoms with Gasteiger partial charge in [-0.15, -0.1) is 5.10 Å². The van der Waals surface area contributed by atoms with Crippen LogP contribution in [0.5, 0.6) is 0 Å². The summed E-state index contributed by atoms with van der Waals surface area (Å²) in [4.78, 5) is 8.60. The first-order valence-corrected chi connectivity index (χ1v) is 11.1. The zero-order valence-electron chi connectivity index (χ0n) is 17.7. The van der Waals surface area contributed by atoms with Crippen LogP contribution in [0.3, 0.4) is 0 Å². The third kappa shape index (κ3) is 3.54. The van der Waals surface area contributed by atoms with E-state index in [0.717, 1.165) is 12.5 Å². The second-order valence-electron chi connectivity index (χ2n) is 9.25. The molecule has 1 aromatic carbocycles. The highest BCUT2D eigenvalue weighted by atomic mass is 35.5. The fourth-order valence-electron chi connectivity index (χ4n) is 4.94. The number of rotatable bonds is 4. The van der Waals surface area contributed by atoms with E-state index in [9.17, 15) is 13.9 Å². The molecule has 1 aliphatic heterocycles. The summed E-state index contributed by atoms with van der Waals surface area (Å²) >= 11 is 6.21. The topological polar surface area (TPSA) is 107 Å². The molecule has 0 radical (unpaired) electrons. The van der Waals surface area contributed by atoms with Gasteiger partial charge in [-0.3, -0.25) is 0 Å². The lowest BCUT2D eigenvalue weighted by Gasteiger charge is -2.22. The summed E-state index contributed by atoms with van der Waals surface area (Å²) < 4.78 is 40.3. The number of fused-ring (bicyclic) bond motifs is 2. The van der Waals surface area contributed by atoms with Crippen molar-refractivity contribution in [1.29, 1.82) is 0 Å². The van der Waals surface area contributed by atoms with Crippen molar-refractivity contribution in [1.82, 2.24) is 25.0 Å². The van der Waals surface area contributed by atoms with E-state index < -0.39 is 35.7 Å². The van der Waals surface area contributed by atoms with Gasteiger partial charge in [-0.05, 0) is 49.6 Å². The molecule has 0 unspecified atom stereocenters. The second kappa shape index (κ2) is 7.26. The van der Waals surface area contributed by atoms with Gasteiger partial charge in [-0.25, -0.2) is 13.5 Å². The number of halogens is 3. The lowest BCUT2D eigenvalue weighted by Crippen LogP contribution is -2.29. The fraction of sp³-hybridized carbons (Fsp3) is 0.524. The Labute approximate surface area is 192 Å². The van der Waals surface area contributed by atoms with Crippen LogP contribution in [0.15, 0.2) is 18.2 Å². The predicted molar refractivity (Wildman–Crippen MR) is 113 cm³/mol. The standard InChI is InChI=1S/C21H21ClF2N6O3/c1-21(2)32-16-13(7-14(31)17(16)33-21)30-19-15(28-29-30)18(26-20(22)27-19)25-12-6-9(12)8-3-4-10(23)11(24)5-8/h3-5,9,12-14,16-17,31H,6-7H2,1-2H3,(H,25,26,27)/t9-,12+,13+,14-,16-,17+/m0/s1. The third-order valence-corrected chi connectivity index (χ3v) is 6.67. The minimum absolute atomic E-state index is 0.0101. The van der Waals surface area contributed by atoms with Crippen molar-refractivity contribution in [3.05, 3.63) is 40.7 Å². The summed E-state index contributed by atoms with van der Waals surface area (Å²) in [5.74, 6) is -2.14. The second-order valence-corrected chi connectivity index (χ2v) is 9.59. The number of aliphatic hydroxyl groups is 1. The third-order valence-electron chi connectivity index (χ3n) is 6.50. The molecule has 3 aliphatic rings. The molecule has 33 heavy (non-hydrogen) atoms. The van der Waals surface area contributed by atoms with E-state index in [1.165, 1.54) is 6.07 Å². The Morgan fingerprint density at radius 2 is 1.94 bits per heavy atom. The molecular formula is C21H21ClF2N6O3. The number of benzene rings is 1. The number of anilines is 1. The van der Waals surface area contributed by atoms with Crippen molar-refractivity contribution >= 4 is 28.6 Å². The quantitative estimate of drug-likeness (QED) is 0.551. The van der Waals surface area contributed by atoms with E-state index in [1.807, 2.05) is 0 Å².